The molecule has 0 aromatic carbocycles. The summed E-state index contributed by atoms with van der Waals surface area (Å²) >= 11 is 0. The van der Waals surface area contributed by atoms with Crippen molar-refractivity contribution in [3.05, 3.63) is 0 Å². The monoisotopic (exact) mass is 291 g/mol. The van der Waals surface area contributed by atoms with Crippen LogP contribution >= 0.6 is 0 Å². The molecule has 1 atom stereocenters. The van der Waals surface area contributed by atoms with E-state index in [0.717, 1.165) is 19.3 Å². The molecule has 0 spiro atoms. The summed E-state index contributed by atoms with van der Waals surface area (Å²) in [5.41, 5.74) is 0. The standard InChI is InChI=1S/C12H21NO5S/c1-9(14)13-11(12(15)18-2)8-19(16,17)10-6-4-3-5-7-10/h10-11H,3-8H2,1-2H3,(H,13,14). The number of esters is 1. The van der Waals surface area contributed by atoms with E-state index in [0.29, 0.717) is 12.8 Å². The Morgan fingerprint density at radius 2 is 1.84 bits per heavy atom. The number of amides is 1. The highest BCUT2D eigenvalue weighted by atomic mass is 32.2. The highest BCUT2D eigenvalue weighted by molar-refractivity contribution is 7.92. The van der Waals surface area contributed by atoms with Gasteiger partial charge < -0.3 is 10.1 Å². The van der Waals surface area contributed by atoms with E-state index in [-0.39, 0.29) is 5.75 Å². The molecule has 0 saturated heterocycles. The maximum absolute atomic E-state index is 12.2. The molecule has 1 N–H and O–H groups in total. The summed E-state index contributed by atoms with van der Waals surface area (Å²) in [6.45, 7) is 1.24. The Bertz CT molecular complexity index is 425. The lowest BCUT2D eigenvalue weighted by atomic mass is 10.0. The second-order valence-electron chi connectivity index (χ2n) is 4.87. The molecule has 0 radical (unpaired) electrons. The summed E-state index contributed by atoms with van der Waals surface area (Å²) in [5, 5.41) is 1.93. The molecule has 1 aliphatic carbocycles. The molecule has 6 nitrogen and oxygen atoms in total. The summed E-state index contributed by atoms with van der Waals surface area (Å²) in [5.74, 6) is -1.56. The molecule has 1 fully saturated rings. The zero-order chi connectivity index (χ0) is 14.5. The Labute approximate surface area is 113 Å². The fourth-order valence-corrected chi connectivity index (χ4v) is 4.36. The van der Waals surface area contributed by atoms with Gasteiger partial charge in [-0.15, -0.1) is 0 Å². The minimum absolute atomic E-state index is 0.385. The van der Waals surface area contributed by atoms with E-state index in [4.69, 9.17) is 0 Å². The zero-order valence-electron chi connectivity index (χ0n) is 11.3. The van der Waals surface area contributed by atoms with Crippen molar-refractivity contribution in [3.63, 3.8) is 0 Å². The van der Waals surface area contributed by atoms with Crippen LogP contribution in [0.3, 0.4) is 0 Å². The molecule has 19 heavy (non-hydrogen) atoms. The van der Waals surface area contributed by atoms with Crippen molar-refractivity contribution in [1.82, 2.24) is 5.32 Å². The molecule has 0 aliphatic heterocycles. The Hall–Kier alpha value is -1.11. The summed E-state index contributed by atoms with van der Waals surface area (Å²) in [6, 6.07) is -1.12. The zero-order valence-corrected chi connectivity index (χ0v) is 12.2. The van der Waals surface area contributed by atoms with Crippen molar-refractivity contribution < 1.29 is 22.7 Å². The van der Waals surface area contributed by atoms with E-state index in [2.05, 4.69) is 10.1 Å². The van der Waals surface area contributed by atoms with Crippen LogP contribution in [0.25, 0.3) is 0 Å². The van der Waals surface area contributed by atoms with Gasteiger partial charge in [0.1, 0.15) is 6.04 Å². The number of carbonyl (C=O) groups is 2. The van der Waals surface area contributed by atoms with E-state index in [1.54, 1.807) is 0 Å². The Morgan fingerprint density at radius 1 is 1.26 bits per heavy atom. The van der Waals surface area contributed by atoms with E-state index in [9.17, 15) is 18.0 Å². The number of carbonyl (C=O) groups excluding carboxylic acids is 2. The van der Waals surface area contributed by atoms with Gasteiger partial charge in [0.05, 0.1) is 18.1 Å². The number of ether oxygens (including phenoxy) is 1. The van der Waals surface area contributed by atoms with Crippen LogP contribution in [0.1, 0.15) is 39.0 Å². The maximum Gasteiger partial charge on any atom is 0.329 e. The van der Waals surface area contributed by atoms with Gasteiger partial charge in [0.2, 0.25) is 5.91 Å². The van der Waals surface area contributed by atoms with Gasteiger partial charge in [0, 0.05) is 6.92 Å². The first kappa shape index (κ1) is 15.9. The fraction of sp³-hybridized carbons (Fsp3) is 0.833. The van der Waals surface area contributed by atoms with Crippen LogP contribution in [0, 0.1) is 0 Å². The van der Waals surface area contributed by atoms with Crippen LogP contribution in [0.2, 0.25) is 0 Å². The third-order valence-corrected chi connectivity index (χ3v) is 5.61. The molecule has 1 saturated carbocycles. The normalized spacial score (nSPS) is 18.6. The number of methoxy groups -OCH3 is 1. The Morgan fingerprint density at radius 3 is 2.32 bits per heavy atom. The molecule has 110 valence electrons. The van der Waals surface area contributed by atoms with Crippen LogP contribution in [0.4, 0.5) is 0 Å². The molecule has 1 unspecified atom stereocenters. The first-order valence-corrected chi connectivity index (χ1v) is 8.15. The lowest BCUT2D eigenvalue weighted by Crippen LogP contribution is -2.47. The van der Waals surface area contributed by atoms with Crippen molar-refractivity contribution in [1.29, 1.82) is 0 Å². The molecule has 7 heteroatoms. The van der Waals surface area contributed by atoms with Gasteiger partial charge in [0.25, 0.3) is 0 Å². The second-order valence-corrected chi connectivity index (χ2v) is 7.19. The molecule has 0 aromatic heterocycles. The SMILES string of the molecule is COC(=O)C(CS(=O)(=O)C1CCCCC1)NC(C)=O. The minimum Gasteiger partial charge on any atom is -0.467 e. The third kappa shape index (κ3) is 4.81. The summed E-state index contributed by atoms with van der Waals surface area (Å²) in [6.07, 6.45) is 4.12. The maximum atomic E-state index is 12.2. The average Bonchev–Trinajstić information content (AvgIpc) is 2.37. The van der Waals surface area contributed by atoms with Crippen molar-refractivity contribution in [2.24, 2.45) is 0 Å². The second kappa shape index (κ2) is 6.88. The quantitative estimate of drug-likeness (QED) is 0.741. The molecule has 0 aromatic rings. The van der Waals surface area contributed by atoms with Crippen LogP contribution in [-0.4, -0.2) is 44.4 Å². The summed E-state index contributed by atoms with van der Waals surface area (Å²) < 4.78 is 29.0. The molecule has 1 rings (SSSR count). The molecular formula is C12H21NO5S. The van der Waals surface area contributed by atoms with Gasteiger partial charge in [0.15, 0.2) is 9.84 Å². The lowest BCUT2D eigenvalue weighted by molar-refractivity contribution is -0.144. The first-order chi connectivity index (χ1) is 8.86. The van der Waals surface area contributed by atoms with Crippen molar-refractivity contribution >= 4 is 21.7 Å². The van der Waals surface area contributed by atoms with Gasteiger partial charge in [-0.05, 0) is 12.8 Å². The van der Waals surface area contributed by atoms with Crippen LogP contribution in [0.5, 0.6) is 0 Å². The van der Waals surface area contributed by atoms with E-state index >= 15 is 0 Å². The van der Waals surface area contributed by atoms with Gasteiger partial charge in [-0.3, -0.25) is 4.79 Å². The average molecular weight is 291 g/mol. The van der Waals surface area contributed by atoms with Crippen molar-refractivity contribution in [2.75, 3.05) is 12.9 Å². The number of rotatable bonds is 5. The largest absolute Gasteiger partial charge is 0.467 e. The van der Waals surface area contributed by atoms with Crippen LogP contribution in [-0.2, 0) is 24.2 Å². The predicted molar refractivity (Wildman–Crippen MR) is 70.3 cm³/mol. The highest BCUT2D eigenvalue weighted by Crippen LogP contribution is 2.24. The van der Waals surface area contributed by atoms with Crippen LogP contribution < -0.4 is 5.32 Å². The van der Waals surface area contributed by atoms with E-state index in [1.165, 1.54) is 14.0 Å². The Balaban J connectivity index is 2.75. The first-order valence-electron chi connectivity index (χ1n) is 6.43. The fourth-order valence-electron chi connectivity index (χ4n) is 2.35. The molecule has 1 amide bonds. The lowest BCUT2D eigenvalue weighted by Gasteiger charge is -2.24. The van der Waals surface area contributed by atoms with Gasteiger partial charge in [-0.2, -0.15) is 0 Å². The summed E-state index contributed by atoms with van der Waals surface area (Å²) in [7, 11) is -2.23. The Kier molecular flexibility index (Phi) is 5.78. The summed E-state index contributed by atoms with van der Waals surface area (Å²) in [4.78, 5) is 22.5. The third-order valence-electron chi connectivity index (χ3n) is 3.32. The molecule has 0 heterocycles. The molecule has 0 bridgehead atoms. The highest BCUT2D eigenvalue weighted by Gasteiger charge is 2.33. The minimum atomic E-state index is -3.40. The van der Waals surface area contributed by atoms with Crippen LogP contribution in [0.15, 0.2) is 0 Å². The van der Waals surface area contributed by atoms with Gasteiger partial charge in [-0.25, -0.2) is 13.2 Å². The van der Waals surface area contributed by atoms with Gasteiger partial charge in [-0.1, -0.05) is 19.3 Å². The van der Waals surface area contributed by atoms with Gasteiger partial charge >= 0.3 is 5.97 Å². The topological polar surface area (TPSA) is 89.5 Å². The number of nitrogens with one attached hydrogen (secondary N) is 1. The molecular weight excluding hydrogens is 270 g/mol. The smallest absolute Gasteiger partial charge is 0.329 e. The molecule has 1 aliphatic rings. The number of sulfone groups is 1. The number of hydrogen-bond donors (Lipinski definition) is 1. The van der Waals surface area contributed by atoms with Crippen molar-refractivity contribution in [2.45, 2.75) is 50.3 Å². The van der Waals surface area contributed by atoms with E-state index < -0.39 is 33.0 Å². The predicted octanol–water partition coefficient (Wildman–Crippen LogP) is 0.412. The van der Waals surface area contributed by atoms with E-state index in [1.807, 2.05) is 0 Å². The number of hydrogen-bond acceptors (Lipinski definition) is 5. The van der Waals surface area contributed by atoms with Crippen molar-refractivity contribution in [3.8, 4) is 0 Å².